The van der Waals surface area contributed by atoms with E-state index in [1.54, 1.807) is 0 Å². The number of hydrogen-bond donors (Lipinski definition) is 3. The minimum Gasteiger partial charge on any atom is -0.481 e. The molecule has 96 valence electrons. The fourth-order valence-corrected chi connectivity index (χ4v) is 3.13. The van der Waals surface area contributed by atoms with Crippen LogP contribution in [0, 0.1) is 17.8 Å². The summed E-state index contributed by atoms with van der Waals surface area (Å²) in [5, 5.41) is 18.2. The van der Waals surface area contributed by atoms with Gasteiger partial charge in [0.1, 0.15) is 5.54 Å². The monoisotopic (exact) mass is 241 g/mol. The highest BCUT2D eigenvalue weighted by Gasteiger charge is 2.58. The molecule has 3 atom stereocenters. The van der Waals surface area contributed by atoms with E-state index in [2.05, 4.69) is 0 Å². The normalized spacial score (nSPS) is 32.1. The second-order valence-electron chi connectivity index (χ2n) is 5.49. The molecule has 0 saturated heterocycles. The second-order valence-corrected chi connectivity index (χ2v) is 5.49. The first-order chi connectivity index (χ1) is 7.95. The van der Waals surface area contributed by atoms with E-state index in [1.165, 1.54) is 0 Å². The van der Waals surface area contributed by atoms with Gasteiger partial charge >= 0.3 is 11.9 Å². The van der Waals surface area contributed by atoms with Crippen LogP contribution in [0.1, 0.15) is 38.5 Å². The predicted molar refractivity (Wildman–Crippen MR) is 60.4 cm³/mol. The van der Waals surface area contributed by atoms with Crippen LogP contribution in [-0.4, -0.2) is 27.7 Å². The third kappa shape index (κ3) is 2.29. The molecule has 2 aliphatic carbocycles. The smallest absolute Gasteiger partial charge is 0.324 e. The Labute approximate surface area is 100.0 Å². The summed E-state index contributed by atoms with van der Waals surface area (Å²) in [7, 11) is 0. The molecule has 17 heavy (non-hydrogen) atoms. The molecule has 1 unspecified atom stereocenters. The van der Waals surface area contributed by atoms with Crippen LogP contribution in [-0.2, 0) is 9.59 Å². The molecule has 0 radical (unpaired) electrons. The molecule has 0 aromatic heterocycles. The zero-order valence-corrected chi connectivity index (χ0v) is 9.76. The van der Waals surface area contributed by atoms with Gasteiger partial charge in [-0.15, -0.1) is 0 Å². The van der Waals surface area contributed by atoms with E-state index in [0.29, 0.717) is 18.8 Å². The van der Waals surface area contributed by atoms with Crippen molar-refractivity contribution in [3.8, 4) is 0 Å². The summed E-state index contributed by atoms with van der Waals surface area (Å²) in [5.41, 5.74) is 4.66. The van der Waals surface area contributed by atoms with Crippen molar-refractivity contribution in [3.63, 3.8) is 0 Å². The lowest BCUT2D eigenvalue weighted by Crippen LogP contribution is -2.52. The van der Waals surface area contributed by atoms with Crippen LogP contribution in [0.5, 0.6) is 0 Å². The van der Waals surface area contributed by atoms with Crippen LogP contribution < -0.4 is 5.73 Å². The minimum absolute atomic E-state index is 0.353. The number of aliphatic carboxylic acids is 2. The SMILES string of the molecule is NC(CC1CCCC1)(C(=O)O)[C@H]1C[C@@H]1C(=O)O. The van der Waals surface area contributed by atoms with Gasteiger partial charge in [-0.2, -0.15) is 0 Å². The summed E-state index contributed by atoms with van der Waals surface area (Å²) in [6.45, 7) is 0. The van der Waals surface area contributed by atoms with Crippen LogP contribution in [0.2, 0.25) is 0 Å². The maximum atomic E-state index is 11.3. The molecule has 2 rings (SSSR count). The van der Waals surface area contributed by atoms with Gasteiger partial charge in [0, 0.05) is 5.92 Å². The van der Waals surface area contributed by atoms with E-state index < -0.39 is 29.3 Å². The first-order valence-corrected chi connectivity index (χ1v) is 6.20. The van der Waals surface area contributed by atoms with Gasteiger partial charge in [0.15, 0.2) is 0 Å². The predicted octanol–water partition coefficient (Wildman–Crippen LogP) is 1.07. The zero-order valence-electron chi connectivity index (χ0n) is 9.76. The molecule has 2 saturated carbocycles. The Morgan fingerprint density at radius 3 is 2.24 bits per heavy atom. The topological polar surface area (TPSA) is 101 Å². The third-order valence-electron chi connectivity index (χ3n) is 4.27. The molecule has 5 heteroatoms. The van der Waals surface area contributed by atoms with Crippen molar-refractivity contribution in [1.82, 2.24) is 0 Å². The van der Waals surface area contributed by atoms with Crippen molar-refractivity contribution in [1.29, 1.82) is 0 Å². The number of nitrogens with two attached hydrogens (primary N) is 1. The average molecular weight is 241 g/mol. The number of carboxylic acids is 2. The lowest BCUT2D eigenvalue weighted by Gasteiger charge is -2.28. The van der Waals surface area contributed by atoms with Crippen LogP contribution >= 0.6 is 0 Å². The lowest BCUT2D eigenvalue weighted by molar-refractivity contribution is -0.146. The standard InChI is InChI=1S/C12H19NO4/c13-12(11(16)17,6-7-3-1-2-4-7)9-5-8(9)10(14)15/h7-9H,1-6,13H2,(H,14,15)(H,16,17)/t8-,9-,12?/m0/s1. The van der Waals surface area contributed by atoms with Gasteiger partial charge in [-0.1, -0.05) is 25.7 Å². The molecule has 0 aliphatic heterocycles. The molecule has 2 fully saturated rings. The van der Waals surface area contributed by atoms with Crippen LogP contribution in [0.3, 0.4) is 0 Å². The van der Waals surface area contributed by atoms with Gasteiger partial charge in [0.25, 0.3) is 0 Å². The lowest BCUT2D eigenvalue weighted by atomic mass is 9.82. The fourth-order valence-electron chi connectivity index (χ4n) is 3.13. The van der Waals surface area contributed by atoms with Crippen molar-refractivity contribution in [2.75, 3.05) is 0 Å². The van der Waals surface area contributed by atoms with Gasteiger partial charge in [-0.25, -0.2) is 0 Å². The number of carboxylic acid groups (broad SMARTS) is 2. The Morgan fingerprint density at radius 1 is 1.24 bits per heavy atom. The number of hydrogen-bond acceptors (Lipinski definition) is 3. The zero-order chi connectivity index (χ0) is 12.6. The van der Waals surface area contributed by atoms with E-state index >= 15 is 0 Å². The molecule has 0 amide bonds. The van der Waals surface area contributed by atoms with Crippen molar-refractivity contribution in [2.24, 2.45) is 23.5 Å². The molecule has 4 N–H and O–H groups in total. The van der Waals surface area contributed by atoms with Gasteiger partial charge < -0.3 is 15.9 Å². The number of rotatable bonds is 5. The Balaban J connectivity index is 2.05. The minimum atomic E-state index is -1.34. The first kappa shape index (κ1) is 12.4. The Kier molecular flexibility index (Phi) is 3.12. The van der Waals surface area contributed by atoms with Crippen LogP contribution in [0.25, 0.3) is 0 Å². The molecular formula is C12H19NO4. The molecule has 0 heterocycles. The van der Waals surface area contributed by atoms with E-state index in [1.807, 2.05) is 0 Å². The summed E-state index contributed by atoms with van der Waals surface area (Å²) in [4.78, 5) is 22.2. The summed E-state index contributed by atoms with van der Waals surface area (Å²) in [5.74, 6) is -2.56. The van der Waals surface area contributed by atoms with E-state index in [0.717, 1.165) is 25.7 Å². The number of carbonyl (C=O) groups is 2. The highest BCUT2D eigenvalue weighted by Crippen LogP contribution is 2.49. The van der Waals surface area contributed by atoms with E-state index in [9.17, 15) is 14.7 Å². The highest BCUT2D eigenvalue weighted by molar-refractivity contribution is 5.83. The molecule has 0 spiro atoms. The van der Waals surface area contributed by atoms with Crippen LogP contribution in [0.15, 0.2) is 0 Å². The summed E-state index contributed by atoms with van der Waals surface area (Å²) < 4.78 is 0. The Hall–Kier alpha value is -1.10. The van der Waals surface area contributed by atoms with Gasteiger partial charge in [0.05, 0.1) is 5.92 Å². The third-order valence-corrected chi connectivity index (χ3v) is 4.27. The van der Waals surface area contributed by atoms with Gasteiger partial charge in [-0.3, -0.25) is 9.59 Å². The summed E-state index contributed by atoms with van der Waals surface area (Å²) >= 11 is 0. The van der Waals surface area contributed by atoms with Crippen molar-refractivity contribution >= 4 is 11.9 Å². The first-order valence-electron chi connectivity index (χ1n) is 6.20. The maximum Gasteiger partial charge on any atom is 0.324 e. The van der Waals surface area contributed by atoms with Crippen LogP contribution in [0.4, 0.5) is 0 Å². The highest BCUT2D eigenvalue weighted by atomic mass is 16.4. The van der Waals surface area contributed by atoms with Gasteiger partial charge in [-0.05, 0) is 18.8 Å². The summed E-state index contributed by atoms with van der Waals surface area (Å²) in [6, 6.07) is 0. The van der Waals surface area contributed by atoms with Crippen molar-refractivity contribution in [2.45, 2.75) is 44.1 Å². The molecule has 5 nitrogen and oxygen atoms in total. The summed E-state index contributed by atoms with van der Waals surface area (Å²) in [6.07, 6.45) is 5.15. The van der Waals surface area contributed by atoms with Crippen molar-refractivity contribution in [3.05, 3.63) is 0 Å². The Morgan fingerprint density at radius 2 is 1.82 bits per heavy atom. The quantitative estimate of drug-likeness (QED) is 0.668. The molecule has 0 aromatic rings. The Bertz CT molecular complexity index is 337. The molecule has 0 aromatic carbocycles. The molecule has 0 bridgehead atoms. The largest absolute Gasteiger partial charge is 0.481 e. The molecular weight excluding hydrogens is 222 g/mol. The molecule has 2 aliphatic rings. The van der Waals surface area contributed by atoms with Crippen molar-refractivity contribution < 1.29 is 19.8 Å². The van der Waals surface area contributed by atoms with Gasteiger partial charge in [0.2, 0.25) is 0 Å². The maximum absolute atomic E-state index is 11.3. The average Bonchev–Trinajstić information content (AvgIpc) is 2.92. The van der Waals surface area contributed by atoms with E-state index in [4.69, 9.17) is 10.8 Å². The second kappa shape index (κ2) is 4.29. The fraction of sp³-hybridized carbons (Fsp3) is 0.833. The van der Waals surface area contributed by atoms with E-state index in [-0.39, 0.29) is 0 Å².